The number of nitrogens with zero attached hydrogens (tertiary/aromatic N) is 1. The fourth-order valence-corrected chi connectivity index (χ4v) is 3.49. The van der Waals surface area contributed by atoms with Gasteiger partial charge in [0.1, 0.15) is 11.9 Å². The summed E-state index contributed by atoms with van der Waals surface area (Å²) in [5.41, 5.74) is 1.02. The number of rotatable bonds is 3. The molecule has 0 saturated carbocycles. The predicted octanol–water partition coefficient (Wildman–Crippen LogP) is 3.57. The van der Waals surface area contributed by atoms with Gasteiger partial charge in [0.25, 0.3) is 10.0 Å². The van der Waals surface area contributed by atoms with Crippen molar-refractivity contribution >= 4 is 31.6 Å². The lowest BCUT2D eigenvalue weighted by molar-refractivity contribution is 0.599. The van der Waals surface area contributed by atoms with Gasteiger partial charge in [0, 0.05) is 4.47 Å². The molecule has 0 amide bonds. The molecule has 0 heterocycles. The average molecular weight is 369 g/mol. The maximum atomic E-state index is 13.2. The van der Waals surface area contributed by atoms with E-state index in [1.165, 1.54) is 0 Å². The number of aryl methyl sites for hydroxylation is 1. The van der Waals surface area contributed by atoms with E-state index in [9.17, 15) is 12.8 Å². The van der Waals surface area contributed by atoms with Gasteiger partial charge in [-0.1, -0.05) is 6.07 Å². The highest BCUT2D eigenvalue weighted by molar-refractivity contribution is 9.10. The molecule has 0 aromatic heterocycles. The Bertz CT molecular complexity index is 845. The smallest absolute Gasteiger partial charge is 0.261 e. The molecule has 0 radical (unpaired) electrons. The first-order chi connectivity index (χ1) is 9.83. The Labute approximate surface area is 130 Å². The Morgan fingerprint density at radius 1 is 1.24 bits per heavy atom. The molecule has 2 rings (SSSR count). The van der Waals surface area contributed by atoms with Gasteiger partial charge in [-0.25, -0.2) is 12.8 Å². The molecular formula is C14H10BrFN2O2S. The topological polar surface area (TPSA) is 70.0 Å². The van der Waals surface area contributed by atoms with E-state index in [1.807, 2.05) is 6.92 Å². The summed E-state index contributed by atoms with van der Waals surface area (Å²) < 4.78 is 40.7. The summed E-state index contributed by atoms with van der Waals surface area (Å²) in [6.07, 6.45) is 0. The minimum atomic E-state index is -3.90. The van der Waals surface area contributed by atoms with Gasteiger partial charge < -0.3 is 0 Å². The van der Waals surface area contributed by atoms with Crippen LogP contribution in [0.4, 0.5) is 10.1 Å². The Balaban J connectivity index is 2.41. The summed E-state index contributed by atoms with van der Waals surface area (Å²) in [6, 6.07) is 9.82. The van der Waals surface area contributed by atoms with Crippen LogP contribution in [0.5, 0.6) is 0 Å². The number of nitrogens with one attached hydrogen (secondary N) is 1. The maximum absolute atomic E-state index is 13.2. The molecule has 0 fully saturated rings. The van der Waals surface area contributed by atoms with Gasteiger partial charge in [0.15, 0.2) is 0 Å². The molecule has 0 unspecified atom stereocenters. The van der Waals surface area contributed by atoms with Crippen LogP contribution in [0, 0.1) is 24.1 Å². The first-order valence-corrected chi connectivity index (χ1v) is 8.10. The van der Waals surface area contributed by atoms with Crippen LogP contribution in [0.25, 0.3) is 0 Å². The largest absolute Gasteiger partial charge is 0.278 e. The summed E-state index contributed by atoms with van der Waals surface area (Å²) in [7, 11) is -3.90. The minimum Gasteiger partial charge on any atom is -0.278 e. The normalized spacial score (nSPS) is 11.0. The predicted molar refractivity (Wildman–Crippen MR) is 80.8 cm³/mol. The van der Waals surface area contributed by atoms with Crippen molar-refractivity contribution in [3.05, 3.63) is 57.8 Å². The van der Waals surface area contributed by atoms with E-state index in [4.69, 9.17) is 5.26 Å². The number of benzene rings is 2. The van der Waals surface area contributed by atoms with Gasteiger partial charge in [0.05, 0.1) is 16.1 Å². The van der Waals surface area contributed by atoms with Gasteiger partial charge in [-0.05, 0) is 58.7 Å². The zero-order chi connectivity index (χ0) is 15.6. The lowest BCUT2D eigenvalue weighted by Crippen LogP contribution is -2.13. The Morgan fingerprint density at radius 2 is 1.95 bits per heavy atom. The molecule has 21 heavy (non-hydrogen) atoms. The second kappa shape index (κ2) is 5.84. The van der Waals surface area contributed by atoms with Gasteiger partial charge >= 0.3 is 0 Å². The molecular weight excluding hydrogens is 359 g/mol. The number of hydrogen-bond donors (Lipinski definition) is 1. The number of anilines is 1. The summed E-state index contributed by atoms with van der Waals surface area (Å²) in [5, 5.41) is 8.76. The van der Waals surface area contributed by atoms with Crippen LogP contribution < -0.4 is 4.72 Å². The number of halogens is 2. The third-order valence-electron chi connectivity index (χ3n) is 2.74. The first kappa shape index (κ1) is 15.5. The molecule has 7 heteroatoms. The zero-order valence-electron chi connectivity index (χ0n) is 10.9. The van der Waals surface area contributed by atoms with Crippen molar-refractivity contribution < 1.29 is 12.8 Å². The van der Waals surface area contributed by atoms with Crippen molar-refractivity contribution in [1.29, 1.82) is 5.26 Å². The highest BCUT2D eigenvalue weighted by atomic mass is 79.9. The van der Waals surface area contributed by atoms with Crippen molar-refractivity contribution in [2.45, 2.75) is 11.8 Å². The molecule has 1 N–H and O–H groups in total. The summed E-state index contributed by atoms with van der Waals surface area (Å²) in [5.74, 6) is -0.757. The molecule has 0 saturated heterocycles. The third kappa shape index (κ3) is 3.40. The van der Waals surface area contributed by atoms with E-state index < -0.39 is 15.8 Å². The summed E-state index contributed by atoms with van der Waals surface area (Å²) >= 11 is 3.27. The van der Waals surface area contributed by atoms with Crippen LogP contribution in [0.3, 0.4) is 0 Å². The highest BCUT2D eigenvalue weighted by Gasteiger charge is 2.17. The maximum Gasteiger partial charge on any atom is 0.261 e. The van der Waals surface area contributed by atoms with Crippen molar-refractivity contribution in [3.63, 3.8) is 0 Å². The summed E-state index contributed by atoms with van der Waals surface area (Å²) in [4.78, 5) is -0.173. The molecule has 4 nitrogen and oxygen atoms in total. The molecule has 0 aliphatic rings. The van der Waals surface area contributed by atoms with Gasteiger partial charge in [-0.3, -0.25) is 4.72 Å². The lowest BCUT2D eigenvalue weighted by atomic mass is 10.2. The lowest BCUT2D eigenvalue weighted by Gasteiger charge is -2.10. The molecule has 0 aliphatic carbocycles. The molecule has 0 atom stereocenters. The van der Waals surface area contributed by atoms with E-state index in [0.717, 1.165) is 23.8 Å². The van der Waals surface area contributed by atoms with E-state index in [-0.39, 0.29) is 10.5 Å². The monoisotopic (exact) mass is 368 g/mol. The second-order valence-electron chi connectivity index (χ2n) is 4.34. The van der Waals surface area contributed by atoms with E-state index in [1.54, 1.807) is 24.3 Å². The molecule has 0 aliphatic heterocycles. The van der Waals surface area contributed by atoms with Crippen LogP contribution >= 0.6 is 15.9 Å². The Hall–Kier alpha value is -1.91. The minimum absolute atomic E-state index is 0.173. The number of nitriles is 1. The van der Waals surface area contributed by atoms with Crippen molar-refractivity contribution in [1.82, 2.24) is 0 Å². The Morgan fingerprint density at radius 3 is 2.57 bits per heavy atom. The van der Waals surface area contributed by atoms with Gasteiger partial charge in [-0.15, -0.1) is 0 Å². The van der Waals surface area contributed by atoms with E-state index >= 15 is 0 Å². The molecule has 108 valence electrons. The van der Waals surface area contributed by atoms with Crippen molar-refractivity contribution in [2.75, 3.05) is 4.72 Å². The average Bonchev–Trinajstić information content (AvgIpc) is 2.42. The Kier molecular flexibility index (Phi) is 4.30. The fourth-order valence-electron chi connectivity index (χ4n) is 1.66. The first-order valence-electron chi connectivity index (χ1n) is 5.82. The molecule has 2 aromatic carbocycles. The standard InChI is InChI=1S/C14H10BrFN2O2S/c1-9-2-5-14(12(15)6-9)18-21(19,20)11-3-4-13(16)10(7-11)8-17/h2-7,18H,1H3. The molecule has 0 bridgehead atoms. The summed E-state index contributed by atoms with van der Waals surface area (Å²) in [6.45, 7) is 1.88. The van der Waals surface area contributed by atoms with Crippen LogP contribution in [-0.2, 0) is 10.0 Å². The quantitative estimate of drug-likeness (QED) is 0.899. The van der Waals surface area contributed by atoms with Crippen LogP contribution in [-0.4, -0.2) is 8.42 Å². The molecule has 2 aromatic rings. The number of sulfonamides is 1. The van der Waals surface area contributed by atoms with Crippen molar-refractivity contribution in [3.8, 4) is 6.07 Å². The SMILES string of the molecule is Cc1ccc(NS(=O)(=O)c2ccc(F)c(C#N)c2)c(Br)c1. The number of hydrogen-bond acceptors (Lipinski definition) is 3. The van der Waals surface area contributed by atoms with Crippen molar-refractivity contribution in [2.24, 2.45) is 0 Å². The van der Waals surface area contributed by atoms with E-state index in [2.05, 4.69) is 20.7 Å². The van der Waals surface area contributed by atoms with Gasteiger partial charge in [-0.2, -0.15) is 5.26 Å². The second-order valence-corrected chi connectivity index (χ2v) is 6.88. The molecule has 0 spiro atoms. The van der Waals surface area contributed by atoms with Crippen LogP contribution in [0.1, 0.15) is 11.1 Å². The third-order valence-corrected chi connectivity index (χ3v) is 4.76. The van der Waals surface area contributed by atoms with Gasteiger partial charge in [0.2, 0.25) is 0 Å². The highest BCUT2D eigenvalue weighted by Crippen LogP contribution is 2.26. The van der Waals surface area contributed by atoms with Crippen LogP contribution in [0.15, 0.2) is 45.8 Å². The van der Waals surface area contributed by atoms with Crippen LogP contribution in [0.2, 0.25) is 0 Å². The zero-order valence-corrected chi connectivity index (χ0v) is 13.3. The van der Waals surface area contributed by atoms with E-state index in [0.29, 0.717) is 10.2 Å². The fraction of sp³-hybridized carbons (Fsp3) is 0.0714.